The smallest absolute Gasteiger partial charge is 0.257 e. The number of phenols is 1. The van der Waals surface area contributed by atoms with E-state index in [-0.39, 0.29) is 23.3 Å². The summed E-state index contributed by atoms with van der Waals surface area (Å²) < 4.78 is 12.9. The molecule has 4 nitrogen and oxygen atoms in total. The first kappa shape index (κ1) is 12.8. The lowest BCUT2D eigenvalue weighted by Crippen LogP contribution is -2.59. The van der Waals surface area contributed by atoms with Crippen LogP contribution in [0.15, 0.2) is 18.2 Å². The van der Waals surface area contributed by atoms with Crippen LogP contribution in [0.3, 0.4) is 0 Å². The van der Waals surface area contributed by atoms with E-state index in [9.17, 15) is 14.3 Å². The lowest BCUT2D eigenvalue weighted by molar-refractivity contribution is 0.0612. The van der Waals surface area contributed by atoms with Crippen LogP contribution in [-0.4, -0.2) is 41.6 Å². The van der Waals surface area contributed by atoms with Crippen molar-refractivity contribution in [2.24, 2.45) is 0 Å². The van der Waals surface area contributed by atoms with Crippen LogP contribution in [-0.2, 0) is 0 Å². The maximum absolute atomic E-state index is 12.9. The first-order valence-electron chi connectivity index (χ1n) is 6.13. The van der Waals surface area contributed by atoms with E-state index in [4.69, 9.17) is 0 Å². The summed E-state index contributed by atoms with van der Waals surface area (Å²) in [4.78, 5) is 14.1. The third-order valence-electron chi connectivity index (χ3n) is 3.12. The predicted octanol–water partition coefficient (Wildman–Crippen LogP) is 1.36. The Bertz CT molecular complexity index is 447. The maximum atomic E-state index is 12.9. The van der Waals surface area contributed by atoms with Crippen molar-refractivity contribution in [3.8, 4) is 5.75 Å². The van der Waals surface area contributed by atoms with Crippen molar-refractivity contribution in [3.05, 3.63) is 29.6 Å². The molecule has 1 aliphatic rings. The Kier molecular flexibility index (Phi) is 3.81. The summed E-state index contributed by atoms with van der Waals surface area (Å²) in [6, 6.07) is 3.66. The third kappa shape index (κ3) is 2.46. The lowest BCUT2D eigenvalue weighted by Gasteiger charge is -2.38. The zero-order chi connectivity index (χ0) is 13.1. The highest BCUT2D eigenvalue weighted by Crippen LogP contribution is 2.21. The van der Waals surface area contributed by atoms with Crippen molar-refractivity contribution in [3.63, 3.8) is 0 Å². The summed E-state index contributed by atoms with van der Waals surface area (Å²) >= 11 is 0. The molecule has 2 rings (SSSR count). The quantitative estimate of drug-likeness (QED) is 0.850. The molecule has 2 N–H and O–H groups in total. The molecule has 1 amide bonds. The Morgan fingerprint density at radius 2 is 2.28 bits per heavy atom. The molecule has 0 saturated carbocycles. The van der Waals surface area contributed by atoms with Crippen LogP contribution < -0.4 is 5.32 Å². The van der Waals surface area contributed by atoms with Crippen molar-refractivity contribution in [2.45, 2.75) is 19.4 Å². The number of nitrogens with zero attached hydrogens (tertiary/aromatic N) is 1. The number of carbonyl (C=O) groups excluding carboxylic acids is 1. The second-order valence-corrected chi connectivity index (χ2v) is 4.47. The van der Waals surface area contributed by atoms with E-state index in [1.54, 1.807) is 4.90 Å². The van der Waals surface area contributed by atoms with Crippen LogP contribution in [0, 0.1) is 5.82 Å². The molecule has 0 atom stereocenters. The number of benzene rings is 1. The van der Waals surface area contributed by atoms with Gasteiger partial charge >= 0.3 is 0 Å². The molecule has 1 aliphatic heterocycles. The molecular weight excluding hydrogens is 235 g/mol. The Morgan fingerprint density at radius 1 is 1.56 bits per heavy atom. The largest absolute Gasteiger partial charge is 0.507 e. The monoisotopic (exact) mass is 252 g/mol. The molecule has 5 heteroatoms. The highest BCUT2D eigenvalue weighted by atomic mass is 19.1. The minimum atomic E-state index is -0.545. The number of aromatic hydroxyl groups is 1. The van der Waals surface area contributed by atoms with Crippen LogP contribution in [0.4, 0.5) is 4.39 Å². The second-order valence-electron chi connectivity index (χ2n) is 4.47. The average Bonchev–Trinajstić information content (AvgIpc) is 2.25. The Labute approximate surface area is 105 Å². The summed E-state index contributed by atoms with van der Waals surface area (Å²) in [6.07, 6.45) is 0.851. The van der Waals surface area contributed by atoms with Crippen molar-refractivity contribution in [1.29, 1.82) is 0 Å². The zero-order valence-electron chi connectivity index (χ0n) is 10.3. The van der Waals surface area contributed by atoms with Gasteiger partial charge in [0.1, 0.15) is 11.6 Å². The molecular formula is C13H17FN2O2. The van der Waals surface area contributed by atoms with Crippen LogP contribution in [0.1, 0.15) is 23.7 Å². The number of hydrogen-bond donors (Lipinski definition) is 2. The normalized spacial score (nSPS) is 15.2. The molecule has 0 unspecified atom stereocenters. The molecule has 1 fully saturated rings. The fourth-order valence-corrected chi connectivity index (χ4v) is 2.03. The molecule has 1 saturated heterocycles. The van der Waals surface area contributed by atoms with E-state index in [1.807, 2.05) is 6.92 Å². The van der Waals surface area contributed by atoms with Gasteiger partial charge in [-0.1, -0.05) is 6.92 Å². The molecule has 0 spiro atoms. The average molecular weight is 252 g/mol. The number of phenolic OH excluding ortho intramolecular Hbond substituents is 1. The number of halogens is 1. The van der Waals surface area contributed by atoms with Gasteiger partial charge in [-0.05, 0) is 18.6 Å². The third-order valence-corrected chi connectivity index (χ3v) is 3.12. The molecule has 0 aromatic heterocycles. The summed E-state index contributed by atoms with van der Waals surface area (Å²) in [6.45, 7) is 4.18. The minimum absolute atomic E-state index is 0.164. The van der Waals surface area contributed by atoms with Crippen molar-refractivity contribution < 1.29 is 14.3 Å². The highest BCUT2D eigenvalue weighted by Gasteiger charge is 2.29. The molecule has 1 heterocycles. The summed E-state index contributed by atoms with van der Waals surface area (Å²) in [5, 5.41) is 12.8. The van der Waals surface area contributed by atoms with E-state index < -0.39 is 5.82 Å². The Morgan fingerprint density at radius 3 is 2.78 bits per heavy atom. The predicted molar refractivity (Wildman–Crippen MR) is 66.1 cm³/mol. The van der Waals surface area contributed by atoms with Crippen molar-refractivity contribution >= 4 is 5.91 Å². The van der Waals surface area contributed by atoms with E-state index in [0.717, 1.165) is 25.6 Å². The van der Waals surface area contributed by atoms with E-state index >= 15 is 0 Å². The lowest BCUT2D eigenvalue weighted by atomic mass is 10.1. The molecule has 18 heavy (non-hydrogen) atoms. The molecule has 98 valence electrons. The van der Waals surface area contributed by atoms with E-state index in [1.165, 1.54) is 12.1 Å². The van der Waals surface area contributed by atoms with Gasteiger partial charge in [-0.15, -0.1) is 0 Å². The van der Waals surface area contributed by atoms with Gasteiger partial charge in [0.05, 0.1) is 11.6 Å². The molecule has 0 radical (unpaired) electrons. The van der Waals surface area contributed by atoms with Gasteiger partial charge in [0, 0.05) is 25.7 Å². The fraction of sp³-hybridized carbons (Fsp3) is 0.462. The summed E-state index contributed by atoms with van der Waals surface area (Å²) in [7, 11) is 0. The van der Waals surface area contributed by atoms with E-state index in [2.05, 4.69) is 5.32 Å². The summed E-state index contributed by atoms with van der Waals surface area (Å²) in [5.41, 5.74) is 0.164. The first-order chi connectivity index (χ1) is 8.63. The number of hydrogen-bond acceptors (Lipinski definition) is 3. The highest BCUT2D eigenvalue weighted by molar-refractivity contribution is 5.97. The summed E-state index contributed by atoms with van der Waals surface area (Å²) in [5.74, 6) is -1.08. The standard InChI is InChI=1S/C13H17FN2O2/c1-2-5-16(10-7-15-8-10)13(18)11-4-3-9(14)6-12(11)17/h3-4,6,10,15,17H,2,5,7-8H2,1H3. The van der Waals surface area contributed by atoms with Crippen LogP contribution >= 0.6 is 0 Å². The van der Waals surface area contributed by atoms with Gasteiger partial charge < -0.3 is 15.3 Å². The first-order valence-corrected chi connectivity index (χ1v) is 6.13. The van der Waals surface area contributed by atoms with Crippen molar-refractivity contribution in [1.82, 2.24) is 10.2 Å². The van der Waals surface area contributed by atoms with Crippen molar-refractivity contribution in [2.75, 3.05) is 19.6 Å². The van der Waals surface area contributed by atoms with Crippen LogP contribution in [0.5, 0.6) is 5.75 Å². The van der Waals surface area contributed by atoms with E-state index in [0.29, 0.717) is 6.54 Å². The molecule has 0 bridgehead atoms. The van der Waals surface area contributed by atoms with Gasteiger partial charge in [0.15, 0.2) is 0 Å². The fourth-order valence-electron chi connectivity index (χ4n) is 2.03. The zero-order valence-corrected chi connectivity index (χ0v) is 10.3. The Balaban J connectivity index is 2.21. The Hall–Kier alpha value is -1.62. The maximum Gasteiger partial charge on any atom is 0.257 e. The number of amides is 1. The van der Waals surface area contributed by atoms with Crippen LogP contribution in [0.2, 0.25) is 0 Å². The molecule has 1 aromatic rings. The number of rotatable bonds is 4. The van der Waals surface area contributed by atoms with Gasteiger partial charge in [0.2, 0.25) is 0 Å². The van der Waals surface area contributed by atoms with Crippen LogP contribution in [0.25, 0.3) is 0 Å². The van der Waals surface area contributed by atoms with Gasteiger partial charge in [0.25, 0.3) is 5.91 Å². The van der Waals surface area contributed by atoms with Gasteiger partial charge in [-0.3, -0.25) is 4.79 Å². The SMILES string of the molecule is CCCN(C(=O)c1ccc(F)cc1O)C1CNC1. The minimum Gasteiger partial charge on any atom is -0.507 e. The van der Waals surface area contributed by atoms with Gasteiger partial charge in [-0.25, -0.2) is 4.39 Å². The molecule has 1 aromatic carbocycles. The topological polar surface area (TPSA) is 52.6 Å². The van der Waals surface area contributed by atoms with Gasteiger partial charge in [-0.2, -0.15) is 0 Å². The number of nitrogens with one attached hydrogen (secondary N) is 1. The number of carbonyl (C=O) groups is 1. The molecule has 0 aliphatic carbocycles. The second kappa shape index (κ2) is 5.35.